The van der Waals surface area contributed by atoms with Crippen LogP contribution in [0.4, 0.5) is 0 Å². The highest BCUT2D eigenvalue weighted by Crippen LogP contribution is 2.19. The summed E-state index contributed by atoms with van der Waals surface area (Å²) in [6, 6.07) is 2.05. The molecule has 3 nitrogen and oxygen atoms in total. The van der Waals surface area contributed by atoms with E-state index in [1.165, 1.54) is 4.88 Å². The molecule has 1 aliphatic rings. The largest absolute Gasteiger partial charge is 0.351 e. The molecule has 0 radical (unpaired) electrons. The molecular formula is C11H16BrClN2OS. The van der Waals surface area contributed by atoms with Gasteiger partial charge in [0.15, 0.2) is 0 Å². The smallest absolute Gasteiger partial charge is 0.224 e. The monoisotopic (exact) mass is 338 g/mol. The molecule has 1 amide bonds. The molecule has 0 unspecified atom stereocenters. The zero-order valence-electron chi connectivity index (χ0n) is 9.37. The fourth-order valence-electron chi connectivity index (χ4n) is 1.84. The zero-order valence-corrected chi connectivity index (χ0v) is 12.6. The predicted molar refractivity (Wildman–Crippen MR) is 76.7 cm³/mol. The fraction of sp³-hybridized carbons (Fsp3) is 0.545. The highest BCUT2D eigenvalue weighted by atomic mass is 79.9. The number of amides is 1. The first-order chi connectivity index (χ1) is 7.75. The first-order valence-corrected chi connectivity index (χ1v) is 7.14. The molecule has 96 valence electrons. The van der Waals surface area contributed by atoms with Gasteiger partial charge in [0.2, 0.25) is 5.91 Å². The number of hydrogen-bond acceptors (Lipinski definition) is 3. The van der Waals surface area contributed by atoms with Crippen molar-refractivity contribution in [2.75, 3.05) is 13.1 Å². The van der Waals surface area contributed by atoms with Gasteiger partial charge in [-0.25, -0.2) is 0 Å². The van der Waals surface area contributed by atoms with E-state index >= 15 is 0 Å². The molecule has 2 N–H and O–H groups in total. The molecule has 1 aliphatic heterocycles. The quantitative estimate of drug-likeness (QED) is 0.888. The highest BCUT2D eigenvalue weighted by Gasteiger charge is 2.20. The minimum Gasteiger partial charge on any atom is -0.351 e. The number of carbonyl (C=O) groups excluding carboxylic acids is 1. The van der Waals surface area contributed by atoms with Crippen molar-refractivity contribution in [3.8, 4) is 0 Å². The third kappa shape index (κ3) is 4.58. The van der Waals surface area contributed by atoms with Crippen molar-refractivity contribution in [1.82, 2.24) is 10.6 Å². The van der Waals surface area contributed by atoms with Crippen LogP contribution in [0, 0.1) is 5.92 Å². The molecule has 1 aromatic rings. The van der Waals surface area contributed by atoms with Crippen LogP contribution in [-0.4, -0.2) is 19.0 Å². The third-order valence-electron chi connectivity index (χ3n) is 2.73. The van der Waals surface area contributed by atoms with E-state index in [1.54, 1.807) is 11.3 Å². The lowest BCUT2D eigenvalue weighted by Crippen LogP contribution is -2.40. The fourth-order valence-corrected chi connectivity index (χ4v) is 3.23. The van der Waals surface area contributed by atoms with Gasteiger partial charge in [0.05, 0.1) is 12.5 Å². The van der Waals surface area contributed by atoms with Crippen molar-refractivity contribution in [3.63, 3.8) is 0 Å². The SMILES string of the molecule is Cl.O=C(NCc1cc(Br)cs1)[C@@H]1CCCNC1. The van der Waals surface area contributed by atoms with E-state index < -0.39 is 0 Å². The maximum atomic E-state index is 11.8. The Labute approximate surface area is 120 Å². The van der Waals surface area contributed by atoms with Gasteiger partial charge in [0.1, 0.15) is 0 Å². The molecule has 1 saturated heterocycles. The Bertz CT molecular complexity index is 366. The Kier molecular flexibility index (Phi) is 6.48. The summed E-state index contributed by atoms with van der Waals surface area (Å²) in [5.74, 6) is 0.328. The Balaban J connectivity index is 0.00000144. The summed E-state index contributed by atoms with van der Waals surface area (Å²) in [6.45, 7) is 2.51. The second kappa shape index (κ2) is 7.36. The van der Waals surface area contributed by atoms with Crippen LogP contribution in [0.25, 0.3) is 0 Å². The number of piperidine rings is 1. The summed E-state index contributed by atoms with van der Waals surface area (Å²) in [5, 5.41) is 8.28. The molecule has 1 aromatic heterocycles. The average Bonchev–Trinajstić information content (AvgIpc) is 2.73. The molecule has 6 heteroatoms. The zero-order chi connectivity index (χ0) is 11.4. The van der Waals surface area contributed by atoms with Crippen LogP contribution in [0.5, 0.6) is 0 Å². The summed E-state index contributed by atoms with van der Waals surface area (Å²) in [5.41, 5.74) is 0. The summed E-state index contributed by atoms with van der Waals surface area (Å²) >= 11 is 5.06. The number of hydrogen-bond donors (Lipinski definition) is 2. The molecule has 0 bridgehead atoms. The minimum atomic E-state index is 0. The van der Waals surface area contributed by atoms with Crippen LogP contribution in [-0.2, 0) is 11.3 Å². The van der Waals surface area contributed by atoms with Crippen molar-refractivity contribution in [3.05, 3.63) is 20.8 Å². The van der Waals surface area contributed by atoms with Crippen molar-refractivity contribution >= 4 is 45.6 Å². The Morgan fingerprint density at radius 1 is 1.65 bits per heavy atom. The van der Waals surface area contributed by atoms with Crippen LogP contribution < -0.4 is 10.6 Å². The first kappa shape index (κ1) is 15.0. The summed E-state index contributed by atoms with van der Waals surface area (Å²) in [7, 11) is 0. The molecule has 17 heavy (non-hydrogen) atoms. The Hall–Kier alpha value is -0.100. The molecule has 2 rings (SSSR count). The number of thiophene rings is 1. The normalized spacial score (nSPS) is 19.5. The lowest BCUT2D eigenvalue weighted by molar-refractivity contribution is -0.125. The second-order valence-electron chi connectivity index (χ2n) is 3.99. The standard InChI is InChI=1S/C11H15BrN2OS.ClH/c12-9-4-10(16-7-9)6-14-11(15)8-2-1-3-13-5-8;/h4,7-8,13H,1-3,5-6H2,(H,14,15);1H/t8-;/m1./s1. The van der Waals surface area contributed by atoms with Gasteiger partial charge in [0.25, 0.3) is 0 Å². The highest BCUT2D eigenvalue weighted by molar-refractivity contribution is 9.10. The Morgan fingerprint density at radius 2 is 2.47 bits per heavy atom. The average molecular weight is 340 g/mol. The summed E-state index contributed by atoms with van der Waals surface area (Å²) in [4.78, 5) is 13.0. The molecule has 0 aliphatic carbocycles. The predicted octanol–water partition coefficient (Wildman–Crippen LogP) is 2.55. The number of carbonyl (C=O) groups is 1. The maximum Gasteiger partial charge on any atom is 0.224 e. The van der Waals surface area contributed by atoms with Gasteiger partial charge in [-0.3, -0.25) is 4.79 Å². The Morgan fingerprint density at radius 3 is 3.06 bits per heavy atom. The van der Waals surface area contributed by atoms with E-state index in [-0.39, 0.29) is 24.2 Å². The first-order valence-electron chi connectivity index (χ1n) is 5.47. The summed E-state index contributed by atoms with van der Waals surface area (Å²) in [6.07, 6.45) is 2.11. The molecule has 0 spiro atoms. The van der Waals surface area contributed by atoms with Gasteiger partial charge in [-0.15, -0.1) is 23.7 Å². The van der Waals surface area contributed by atoms with Crippen LogP contribution in [0.3, 0.4) is 0 Å². The van der Waals surface area contributed by atoms with Gasteiger partial charge in [-0.1, -0.05) is 0 Å². The third-order valence-corrected chi connectivity index (χ3v) is 4.42. The van der Waals surface area contributed by atoms with E-state index in [0.29, 0.717) is 6.54 Å². The van der Waals surface area contributed by atoms with E-state index in [2.05, 4.69) is 26.6 Å². The van der Waals surface area contributed by atoms with E-state index in [0.717, 1.165) is 30.4 Å². The molecule has 1 atom stereocenters. The van der Waals surface area contributed by atoms with Crippen molar-refractivity contribution in [1.29, 1.82) is 0 Å². The molecular weight excluding hydrogens is 324 g/mol. The van der Waals surface area contributed by atoms with Crippen LogP contribution in [0.15, 0.2) is 15.9 Å². The van der Waals surface area contributed by atoms with E-state index in [9.17, 15) is 4.79 Å². The molecule has 2 heterocycles. The van der Waals surface area contributed by atoms with Gasteiger partial charge >= 0.3 is 0 Å². The second-order valence-corrected chi connectivity index (χ2v) is 5.90. The number of halogens is 2. The van der Waals surface area contributed by atoms with E-state index in [1.807, 2.05) is 11.4 Å². The van der Waals surface area contributed by atoms with Gasteiger partial charge < -0.3 is 10.6 Å². The lowest BCUT2D eigenvalue weighted by Gasteiger charge is -2.21. The van der Waals surface area contributed by atoms with E-state index in [4.69, 9.17) is 0 Å². The van der Waals surface area contributed by atoms with Gasteiger partial charge in [-0.05, 0) is 41.4 Å². The van der Waals surface area contributed by atoms with Crippen molar-refractivity contribution in [2.45, 2.75) is 19.4 Å². The van der Waals surface area contributed by atoms with Crippen LogP contribution in [0.1, 0.15) is 17.7 Å². The molecule has 0 aromatic carbocycles. The molecule has 0 saturated carbocycles. The van der Waals surface area contributed by atoms with Crippen LogP contribution in [0.2, 0.25) is 0 Å². The molecule has 1 fully saturated rings. The minimum absolute atomic E-state index is 0. The lowest BCUT2D eigenvalue weighted by atomic mass is 9.99. The summed E-state index contributed by atoms with van der Waals surface area (Å²) < 4.78 is 1.08. The van der Waals surface area contributed by atoms with Gasteiger partial charge in [0, 0.05) is 21.3 Å². The van der Waals surface area contributed by atoms with Gasteiger partial charge in [-0.2, -0.15) is 0 Å². The topological polar surface area (TPSA) is 41.1 Å². The van der Waals surface area contributed by atoms with Crippen LogP contribution >= 0.6 is 39.7 Å². The maximum absolute atomic E-state index is 11.8. The van der Waals surface area contributed by atoms with Crippen molar-refractivity contribution < 1.29 is 4.79 Å². The number of nitrogens with one attached hydrogen (secondary N) is 2. The number of rotatable bonds is 3. The van der Waals surface area contributed by atoms with Crippen molar-refractivity contribution in [2.24, 2.45) is 5.92 Å².